The maximum atomic E-state index is 13.0. The number of carbonyl (C=O) groups is 2. The number of hydrogen-bond donors (Lipinski definition) is 2. The van der Waals surface area contributed by atoms with Gasteiger partial charge in [-0.25, -0.2) is 0 Å². The highest BCUT2D eigenvalue weighted by atomic mass is 16.5. The van der Waals surface area contributed by atoms with Crippen LogP contribution in [0, 0.1) is 11.3 Å². The Morgan fingerprint density at radius 3 is 2.57 bits per heavy atom. The van der Waals surface area contributed by atoms with Crippen LogP contribution in [-0.4, -0.2) is 61.3 Å². The summed E-state index contributed by atoms with van der Waals surface area (Å²) in [7, 11) is 1.73. The molecule has 1 amide bonds. The molecule has 0 aromatic carbocycles. The zero-order valence-electron chi connectivity index (χ0n) is 12.9. The topological polar surface area (TPSA) is 78.9 Å². The molecule has 2 heterocycles. The molecule has 120 valence electrons. The molecule has 2 fully saturated rings. The van der Waals surface area contributed by atoms with E-state index in [-0.39, 0.29) is 24.0 Å². The highest BCUT2D eigenvalue weighted by Gasteiger charge is 2.45. The Morgan fingerprint density at radius 2 is 2.00 bits per heavy atom. The van der Waals surface area contributed by atoms with Gasteiger partial charge in [-0.15, -0.1) is 0 Å². The van der Waals surface area contributed by atoms with Crippen LogP contribution in [0.5, 0.6) is 0 Å². The van der Waals surface area contributed by atoms with Crippen molar-refractivity contribution in [2.24, 2.45) is 11.3 Å². The predicted octanol–water partition coefficient (Wildman–Crippen LogP) is 0.714. The molecule has 2 aliphatic heterocycles. The Kier molecular flexibility index (Phi) is 5.22. The van der Waals surface area contributed by atoms with Crippen molar-refractivity contribution in [3.8, 4) is 0 Å². The Morgan fingerprint density at radius 1 is 1.33 bits per heavy atom. The van der Waals surface area contributed by atoms with Crippen molar-refractivity contribution in [2.75, 3.05) is 33.4 Å². The van der Waals surface area contributed by atoms with Gasteiger partial charge in [0, 0.05) is 7.05 Å². The number of nitrogens with zero attached hydrogens (tertiary/aromatic N) is 1. The first-order valence-corrected chi connectivity index (χ1v) is 7.80. The van der Waals surface area contributed by atoms with Gasteiger partial charge < -0.3 is 20.1 Å². The van der Waals surface area contributed by atoms with Crippen LogP contribution in [-0.2, 0) is 14.3 Å². The lowest BCUT2D eigenvalue weighted by atomic mass is 9.74. The fraction of sp³-hybridized carbons (Fsp3) is 0.867. The first-order valence-electron chi connectivity index (χ1n) is 7.80. The average molecular weight is 298 g/mol. The molecular formula is C15H26N2O4. The van der Waals surface area contributed by atoms with E-state index in [1.54, 1.807) is 11.9 Å². The molecule has 0 spiro atoms. The molecule has 6 nitrogen and oxygen atoms in total. The molecule has 2 N–H and O–H groups in total. The first kappa shape index (κ1) is 16.2. The molecule has 0 aliphatic carbocycles. The molecule has 2 aliphatic rings. The van der Waals surface area contributed by atoms with Crippen LogP contribution in [0.4, 0.5) is 0 Å². The lowest BCUT2D eigenvalue weighted by Crippen LogP contribution is -2.53. The summed E-state index contributed by atoms with van der Waals surface area (Å²) in [5, 5.41) is 12.6. The van der Waals surface area contributed by atoms with Gasteiger partial charge in [0.25, 0.3) is 0 Å². The van der Waals surface area contributed by atoms with E-state index in [4.69, 9.17) is 4.74 Å². The summed E-state index contributed by atoms with van der Waals surface area (Å²) >= 11 is 0. The van der Waals surface area contributed by atoms with Crippen LogP contribution in [0.2, 0.25) is 0 Å². The Hall–Kier alpha value is -1.14. The van der Waals surface area contributed by atoms with E-state index < -0.39 is 11.9 Å². The summed E-state index contributed by atoms with van der Waals surface area (Å²) in [4.78, 5) is 26.0. The average Bonchev–Trinajstić information content (AvgIpc) is 2.96. The SMILES string of the molecule is CCCC1(C(=O)N(C)C2COCC2C(=O)O)CCNCC1. The lowest BCUT2D eigenvalue weighted by molar-refractivity contribution is -0.149. The van der Waals surface area contributed by atoms with Gasteiger partial charge in [-0.3, -0.25) is 9.59 Å². The van der Waals surface area contributed by atoms with Crippen molar-refractivity contribution in [2.45, 2.75) is 38.6 Å². The second kappa shape index (κ2) is 6.75. The number of carboxylic acid groups (broad SMARTS) is 1. The van der Waals surface area contributed by atoms with Gasteiger partial charge in [0.1, 0.15) is 5.92 Å². The minimum Gasteiger partial charge on any atom is -0.481 e. The van der Waals surface area contributed by atoms with Crippen molar-refractivity contribution in [3.05, 3.63) is 0 Å². The van der Waals surface area contributed by atoms with E-state index in [2.05, 4.69) is 12.2 Å². The molecule has 0 bridgehead atoms. The Balaban J connectivity index is 2.14. The summed E-state index contributed by atoms with van der Waals surface area (Å²) in [6.45, 7) is 4.31. The maximum Gasteiger partial charge on any atom is 0.311 e. The molecule has 0 saturated carbocycles. The van der Waals surface area contributed by atoms with Crippen molar-refractivity contribution >= 4 is 11.9 Å². The summed E-state index contributed by atoms with van der Waals surface area (Å²) in [5.41, 5.74) is -0.333. The number of hydrogen-bond acceptors (Lipinski definition) is 4. The first-order chi connectivity index (χ1) is 10.0. The number of likely N-dealkylation sites (N-methyl/N-ethyl adjacent to an activating group) is 1. The van der Waals surface area contributed by atoms with E-state index >= 15 is 0 Å². The third kappa shape index (κ3) is 3.21. The number of piperidine rings is 1. The van der Waals surface area contributed by atoms with E-state index in [0.29, 0.717) is 6.61 Å². The van der Waals surface area contributed by atoms with E-state index in [1.807, 2.05) is 0 Å². The molecule has 6 heteroatoms. The normalized spacial score (nSPS) is 28.3. The highest BCUT2D eigenvalue weighted by molar-refractivity contribution is 5.84. The van der Waals surface area contributed by atoms with E-state index in [0.717, 1.165) is 38.8 Å². The predicted molar refractivity (Wildman–Crippen MR) is 77.9 cm³/mol. The van der Waals surface area contributed by atoms with Crippen molar-refractivity contribution in [1.29, 1.82) is 0 Å². The smallest absolute Gasteiger partial charge is 0.311 e. The van der Waals surface area contributed by atoms with Crippen LogP contribution in [0.15, 0.2) is 0 Å². The third-order valence-corrected chi connectivity index (χ3v) is 4.93. The molecule has 0 aromatic heterocycles. The Bertz CT molecular complexity index is 388. The number of carbonyl (C=O) groups excluding carboxylic acids is 1. The number of amides is 1. The quantitative estimate of drug-likeness (QED) is 0.781. The minimum absolute atomic E-state index is 0.0904. The molecular weight excluding hydrogens is 272 g/mol. The van der Waals surface area contributed by atoms with Gasteiger partial charge in [0.2, 0.25) is 5.91 Å². The number of rotatable bonds is 5. The number of carboxylic acids is 1. The summed E-state index contributed by atoms with van der Waals surface area (Å²) in [6, 6.07) is -0.349. The van der Waals surface area contributed by atoms with E-state index in [9.17, 15) is 14.7 Å². The van der Waals surface area contributed by atoms with Crippen molar-refractivity contribution in [1.82, 2.24) is 10.2 Å². The standard InChI is InChI=1S/C15H26N2O4/c1-3-4-15(5-7-16-8-6-15)14(20)17(2)12-10-21-9-11(12)13(18)19/h11-12,16H,3-10H2,1-2H3,(H,18,19). The van der Waals surface area contributed by atoms with E-state index in [1.165, 1.54) is 0 Å². The van der Waals surface area contributed by atoms with Crippen LogP contribution < -0.4 is 5.32 Å². The zero-order chi connectivity index (χ0) is 15.5. The highest BCUT2D eigenvalue weighted by Crippen LogP contribution is 2.37. The Labute approximate surface area is 125 Å². The molecule has 2 atom stereocenters. The molecule has 2 rings (SSSR count). The fourth-order valence-electron chi connectivity index (χ4n) is 3.64. The van der Waals surface area contributed by atoms with Gasteiger partial charge in [-0.1, -0.05) is 13.3 Å². The fourth-order valence-corrected chi connectivity index (χ4v) is 3.64. The van der Waals surface area contributed by atoms with Gasteiger partial charge in [-0.05, 0) is 32.4 Å². The zero-order valence-corrected chi connectivity index (χ0v) is 12.9. The van der Waals surface area contributed by atoms with Crippen LogP contribution in [0.25, 0.3) is 0 Å². The van der Waals surface area contributed by atoms with Gasteiger partial charge in [0.15, 0.2) is 0 Å². The van der Waals surface area contributed by atoms with Gasteiger partial charge in [0.05, 0.1) is 24.7 Å². The van der Waals surface area contributed by atoms with Crippen molar-refractivity contribution in [3.63, 3.8) is 0 Å². The summed E-state index contributed by atoms with van der Waals surface area (Å²) < 4.78 is 5.30. The van der Waals surface area contributed by atoms with Crippen LogP contribution >= 0.6 is 0 Å². The molecule has 2 unspecified atom stereocenters. The molecule has 2 saturated heterocycles. The van der Waals surface area contributed by atoms with Crippen LogP contribution in [0.3, 0.4) is 0 Å². The summed E-state index contributed by atoms with van der Waals surface area (Å²) in [5.74, 6) is -1.40. The second-order valence-electron chi connectivity index (χ2n) is 6.25. The molecule has 0 aromatic rings. The molecule has 21 heavy (non-hydrogen) atoms. The largest absolute Gasteiger partial charge is 0.481 e. The number of ether oxygens (including phenoxy) is 1. The van der Waals surface area contributed by atoms with Crippen molar-refractivity contribution < 1.29 is 19.4 Å². The monoisotopic (exact) mass is 298 g/mol. The number of aliphatic carboxylic acids is 1. The van der Waals surface area contributed by atoms with Gasteiger partial charge in [-0.2, -0.15) is 0 Å². The molecule has 0 radical (unpaired) electrons. The number of nitrogens with one attached hydrogen (secondary N) is 1. The summed E-state index contributed by atoms with van der Waals surface area (Å²) in [6.07, 6.45) is 3.48. The third-order valence-electron chi connectivity index (χ3n) is 4.93. The lowest BCUT2D eigenvalue weighted by Gasteiger charge is -2.41. The second-order valence-corrected chi connectivity index (χ2v) is 6.25. The van der Waals surface area contributed by atoms with Gasteiger partial charge >= 0.3 is 5.97 Å². The minimum atomic E-state index is -0.882. The van der Waals surface area contributed by atoms with Crippen LogP contribution in [0.1, 0.15) is 32.6 Å². The maximum absolute atomic E-state index is 13.0.